The van der Waals surface area contributed by atoms with Crippen molar-refractivity contribution in [2.45, 2.75) is 29.7 Å². The summed E-state index contributed by atoms with van der Waals surface area (Å²) in [4.78, 5) is 43.9. The van der Waals surface area contributed by atoms with Crippen LogP contribution in [0.15, 0.2) is 87.6 Å². The number of aliphatic imine (C=N–C) groups is 1. The highest BCUT2D eigenvalue weighted by Crippen LogP contribution is 2.33. The fourth-order valence-electron chi connectivity index (χ4n) is 5.00. The first-order valence-electron chi connectivity index (χ1n) is 15.5. The van der Waals surface area contributed by atoms with E-state index in [9.17, 15) is 41.9 Å². The Labute approximate surface area is 328 Å². The number of carboxylic acid groups (broad SMARTS) is 1. The number of thiazole rings is 2. The number of benzene rings is 4. The molecule has 0 amide bonds. The number of hydrogen-bond acceptors (Lipinski definition) is 18. The lowest BCUT2D eigenvalue weighted by Gasteiger charge is -2.08. The Kier molecular flexibility index (Phi) is 11.0. The van der Waals surface area contributed by atoms with Gasteiger partial charge in [-0.25, -0.2) is 14.8 Å². The fourth-order valence-corrected chi connectivity index (χ4v) is 9.90. The largest absolute Gasteiger partial charge is 0.480 e. The van der Waals surface area contributed by atoms with Gasteiger partial charge in [0.1, 0.15) is 37.4 Å². The van der Waals surface area contributed by atoms with Gasteiger partial charge in [-0.3, -0.25) is 25.2 Å². The highest BCUT2D eigenvalue weighted by molar-refractivity contribution is 8.15. The molecule has 0 fully saturated rings. The summed E-state index contributed by atoms with van der Waals surface area (Å²) >= 11 is 3.67. The molecular weight excluding hydrogens is 833 g/mol. The maximum Gasteiger partial charge on any atom is 0.339 e. The Morgan fingerprint density at radius 3 is 1.75 bits per heavy atom. The molecule has 56 heavy (non-hydrogen) atoms. The van der Waals surface area contributed by atoms with E-state index in [1.165, 1.54) is 73.3 Å². The second-order valence-electron chi connectivity index (χ2n) is 11.5. The number of nitrogens with zero attached hydrogens (tertiary/aromatic N) is 6. The molecule has 18 nitrogen and oxygen atoms in total. The minimum atomic E-state index is -4.20. The van der Waals surface area contributed by atoms with Crippen molar-refractivity contribution >= 4 is 97.5 Å². The van der Waals surface area contributed by atoms with Gasteiger partial charge in [-0.2, -0.15) is 22.1 Å². The number of aryl methyl sites for hydroxylation is 2. The van der Waals surface area contributed by atoms with E-state index in [0.29, 0.717) is 36.2 Å². The molecule has 0 unspecified atom stereocenters. The van der Waals surface area contributed by atoms with Gasteiger partial charge in [0.2, 0.25) is 0 Å². The van der Waals surface area contributed by atoms with Crippen molar-refractivity contribution in [1.82, 2.24) is 9.97 Å². The molecule has 4 aromatic carbocycles. The van der Waals surface area contributed by atoms with Gasteiger partial charge >= 0.3 is 26.2 Å². The summed E-state index contributed by atoms with van der Waals surface area (Å²) < 4.78 is 61.5. The molecule has 1 aliphatic heterocycles. The number of carbonyl (C=O) groups is 1. The van der Waals surface area contributed by atoms with Crippen molar-refractivity contribution < 1.29 is 44.9 Å². The molecule has 0 spiro atoms. The van der Waals surface area contributed by atoms with Gasteiger partial charge in [0, 0.05) is 41.1 Å². The number of nitriles is 1. The topological polar surface area (TPSA) is 272 Å². The average molecular weight is 855 g/mol. The van der Waals surface area contributed by atoms with Crippen molar-refractivity contribution in [2.24, 2.45) is 4.99 Å². The Hall–Kier alpha value is -6.06. The molecule has 1 N–H and O–H groups in total. The van der Waals surface area contributed by atoms with Crippen molar-refractivity contribution in [3.05, 3.63) is 114 Å². The number of aliphatic carboxylic acids is 1. The Balaban J connectivity index is 0.000000194. The first-order valence-corrected chi connectivity index (χ1v) is 20.9. The van der Waals surface area contributed by atoms with Crippen LogP contribution in [0.2, 0.25) is 0 Å². The number of hydrogen-bond donors (Lipinski definition) is 1. The first kappa shape index (κ1) is 39.6. The smallest absolute Gasteiger partial charge is 0.339 e. The lowest BCUT2D eigenvalue weighted by atomic mass is 10.2. The van der Waals surface area contributed by atoms with E-state index in [1.54, 1.807) is 12.1 Å². The number of thioether (sulfide) groups is 1. The monoisotopic (exact) mass is 854 g/mol. The number of fused-ring (bicyclic) bond motifs is 2. The van der Waals surface area contributed by atoms with E-state index < -0.39 is 42.1 Å². The SMILES string of the molecule is Cc1cc(S(=O)(=O)Oc2ccc3nc(C#N)sc3c2)ccc1[N+](=O)[O-].Cc1cc(S(=O)(=O)Oc2ccc3nc(C4=N[C@@H](C(=O)O)CS4)sc3c2)ccc1[N+](=O)[O-]. The van der Waals surface area contributed by atoms with Crippen LogP contribution in [0.25, 0.3) is 20.4 Å². The van der Waals surface area contributed by atoms with Gasteiger partial charge in [0.25, 0.3) is 11.4 Å². The standard InChI is InChI=1S/C18H13N3O7S3.C15H9N3O5S2/c1-9-6-11(3-5-14(9)21(24)25)31(26,27)28-10-2-4-12-15(7-10)30-17(19-12)16-20-13(8-29-16)18(22)23;1-9-6-11(3-5-13(9)18(19)20)25(21,22)23-10-2-4-12-14(7-10)24-15(8-16)17-12/h2-7,13H,8H2,1H3,(H,22,23);2-7H,1H3/t13-;/m1./s1. The molecule has 1 atom stereocenters. The predicted octanol–water partition coefficient (Wildman–Crippen LogP) is 6.38. The number of aromatic nitrogens is 2. The van der Waals surface area contributed by atoms with Gasteiger partial charge in [-0.15, -0.1) is 34.4 Å². The van der Waals surface area contributed by atoms with E-state index in [2.05, 4.69) is 15.0 Å². The summed E-state index contributed by atoms with van der Waals surface area (Å²) in [5.74, 6) is -0.534. The number of rotatable bonds is 10. The Bertz CT molecular complexity index is 2900. The van der Waals surface area contributed by atoms with E-state index >= 15 is 0 Å². The molecule has 2 aromatic heterocycles. The lowest BCUT2D eigenvalue weighted by Crippen LogP contribution is -2.17. The number of nitro benzene ring substituents is 2. The van der Waals surface area contributed by atoms with Crippen molar-refractivity contribution in [1.29, 1.82) is 5.26 Å². The summed E-state index contributed by atoms with van der Waals surface area (Å²) in [7, 11) is -8.35. The molecule has 7 rings (SSSR count). The molecule has 6 aromatic rings. The highest BCUT2D eigenvalue weighted by atomic mass is 32.2. The van der Waals surface area contributed by atoms with E-state index in [1.807, 2.05) is 6.07 Å². The van der Waals surface area contributed by atoms with E-state index in [4.69, 9.17) is 18.7 Å². The third-order valence-corrected chi connectivity index (χ3v) is 13.3. The van der Waals surface area contributed by atoms with Crippen LogP contribution in [0, 0.1) is 45.4 Å². The number of nitro groups is 2. The van der Waals surface area contributed by atoms with Crippen LogP contribution in [0.3, 0.4) is 0 Å². The Morgan fingerprint density at radius 2 is 1.30 bits per heavy atom. The zero-order valence-electron chi connectivity index (χ0n) is 28.4. The van der Waals surface area contributed by atoms with Crippen LogP contribution in [-0.2, 0) is 25.0 Å². The minimum absolute atomic E-state index is 0.0585. The van der Waals surface area contributed by atoms with Crippen LogP contribution in [-0.4, -0.2) is 64.6 Å². The lowest BCUT2D eigenvalue weighted by molar-refractivity contribution is -0.385. The summed E-state index contributed by atoms with van der Waals surface area (Å²) in [6, 6.07) is 17.0. The van der Waals surface area contributed by atoms with Crippen LogP contribution < -0.4 is 8.37 Å². The summed E-state index contributed by atoms with van der Waals surface area (Å²) in [6.07, 6.45) is 0. The predicted molar refractivity (Wildman–Crippen MR) is 206 cm³/mol. The third kappa shape index (κ3) is 8.58. The van der Waals surface area contributed by atoms with Gasteiger partial charge < -0.3 is 13.5 Å². The molecule has 0 saturated carbocycles. The normalized spacial score (nSPS) is 14.0. The van der Waals surface area contributed by atoms with Gasteiger partial charge in [0.05, 0.1) is 30.3 Å². The molecular formula is C33H22N6O12S5. The second-order valence-corrected chi connectivity index (χ2v) is 17.7. The Morgan fingerprint density at radius 1 is 0.804 bits per heavy atom. The van der Waals surface area contributed by atoms with Gasteiger partial charge in [-0.1, -0.05) is 0 Å². The quantitative estimate of drug-likeness (QED) is 0.0889. The van der Waals surface area contributed by atoms with Crippen LogP contribution in [0.4, 0.5) is 11.4 Å². The van der Waals surface area contributed by atoms with Crippen LogP contribution in [0.5, 0.6) is 11.5 Å². The minimum Gasteiger partial charge on any atom is -0.480 e. The summed E-state index contributed by atoms with van der Waals surface area (Å²) in [5.41, 5.74) is 1.22. The molecule has 0 saturated heterocycles. The summed E-state index contributed by atoms with van der Waals surface area (Å²) in [6.45, 7) is 2.89. The van der Waals surface area contributed by atoms with Crippen LogP contribution in [0.1, 0.15) is 21.1 Å². The third-order valence-electron chi connectivity index (χ3n) is 7.65. The molecule has 0 bridgehead atoms. The summed E-state index contributed by atoms with van der Waals surface area (Å²) in [5, 5.41) is 41.0. The van der Waals surface area contributed by atoms with Crippen molar-refractivity contribution in [2.75, 3.05) is 5.75 Å². The number of carboxylic acids is 1. The fraction of sp³-hybridized carbons (Fsp3) is 0.121. The zero-order chi connectivity index (χ0) is 40.5. The van der Waals surface area contributed by atoms with Crippen molar-refractivity contribution in [3.63, 3.8) is 0 Å². The van der Waals surface area contributed by atoms with Crippen LogP contribution >= 0.6 is 34.4 Å². The van der Waals surface area contributed by atoms with E-state index in [0.717, 1.165) is 35.6 Å². The molecule has 0 aliphatic carbocycles. The van der Waals surface area contributed by atoms with Gasteiger partial charge in [0.15, 0.2) is 11.0 Å². The van der Waals surface area contributed by atoms with E-state index in [-0.39, 0.29) is 48.8 Å². The van der Waals surface area contributed by atoms with Crippen molar-refractivity contribution in [3.8, 4) is 17.6 Å². The van der Waals surface area contributed by atoms with Gasteiger partial charge in [-0.05, 0) is 62.4 Å². The maximum absolute atomic E-state index is 12.6. The molecule has 286 valence electrons. The average Bonchev–Trinajstić information content (AvgIpc) is 3.89. The molecule has 1 aliphatic rings. The zero-order valence-corrected chi connectivity index (χ0v) is 32.5. The first-order chi connectivity index (χ1) is 26.4. The second kappa shape index (κ2) is 15.6. The molecule has 23 heteroatoms. The highest BCUT2D eigenvalue weighted by Gasteiger charge is 2.27. The molecule has 0 radical (unpaired) electrons. The maximum atomic E-state index is 12.6. The molecule has 3 heterocycles.